The van der Waals surface area contributed by atoms with Crippen LogP contribution in [0.5, 0.6) is 0 Å². The Morgan fingerprint density at radius 2 is 2.07 bits per heavy atom. The lowest BCUT2D eigenvalue weighted by Gasteiger charge is -2.24. The number of hydrogen-bond donors (Lipinski definition) is 2. The summed E-state index contributed by atoms with van der Waals surface area (Å²) >= 11 is 0. The predicted octanol–water partition coefficient (Wildman–Crippen LogP) is 1.11. The lowest BCUT2D eigenvalue weighted by atomic mass is 9.81. The number of nitrogens with one attached hydrogen (secondary N) is 1. The van der Waals surface area contributed by atoms with Crippen LogP contribution in [0.4, 0.5) is 5.95 Å². The Morgan fingerprint density at radius 3 is 2.57 bits per heavy atom. The molecule has 0 amide bonds. The van der Waals surface area contributed by atoms with Crippen molar-refractivity contribution in [2.75, 3.05) is 18.4 Å². The molecule has 1 heterocycles. The Balaban J connectivity index is 1.95. The van der Waals surface area contributed by atoms with Crippen LogP contribution in [0.1, 0.15) is 30.7 Å². The SMILES string of the molecule is NCCNc1ncc(C2CCC2)cn1. The average Bonchev–Trinajstić information content (AvgIpc) is 2.14. The second-order valence-corrected chi connectivity index (χ2v) is 3.68. The third-order valence-corrected chi connectivity index (χ3v) is 2.68. The summed E-state index contributed by atoms with van der Waals surface area (Å²) in [7, 11) is 0. The number of aromatic nitrogens is 2. The first-order valence-corrected chi connectivity index (χ1v) is 5.16. The molecular weight excluding hydrogens is 176 g/mol. The van der Waals surface area contributed by atoms with E-state index >= 15 is 0 Å². The van der Waals surface area contributed by atoms with Crippen molar-refractivity contribution in [2.24, 2.45) is 5.73 Å². The maximum atomic E-state index is 5.37. The average molecular weight is 192 g/mol. The second-order valence-electron chi connectivity index (χ2n) is 3.68. The van der Waals surface area contributed by atoms with E-state index in [0.717, 1.165) is 6.54 Å². The molecule has 1 aromatic heterocycles. The van der Waals surface area contributed by atoms with Gasteiger partial charge in [0.2, 0.25) is 5.95 Å². The van der Waals surface area contributed by atoms with Crippen LogP contribution in [0.25, 0.3) is 0 Å². The predicted molar refractivity (Wildman–Crippen MR) is 56.2 cm³/mol. The van der Waals surface area contributed by atoms with Gasteiger partial charge in [-0.05, 0) is 24.3 Å². The quantitative estimate of drug-likeness (QED) is 0.750. The van der Waals surface area contributed by atoms with E-state index < -0.39 is 0 Å². The Kier molecular flexibility index (Phi) is 2.93. The Hall–Kier alpha value is -1.16. The number of hydrogen-bond acceptors (Lipinski definition) is 4. The summed E-state index contributed by atoms with van der Waals surface area (Å²) < 4.78 is 0. The molecule has 4 heteroatoms. The molecule has 0 spiro atoms. The molecule has 14 heavy (non-hydrogen) atoms. The van der Waals surface area contributed by atoms with Crippen molar-refractivity contribution in [2.45, 2.75) is 25.2 Å². The molecule has 0 bridgehead atoms. The summed E-state index contributed by atoms with van der Waals surface area (Å²) in [5, 5.41) is 3.05. The normalized spacial score (nSPS) is 16.4. The van der Waals surface area contributed by atoms with Gasteiger partial charge in [-0.3, -0.25) is 0 Å². The highest BCUT2D eigenvalue weighted by Crippen LogP contribution is 2.35. The van der Waals surface area contributed by atoms with Crippen molar-refractivity contribution in [3.8, 4) is 0 Å². The van der Waals surface area contributed by atoms with E-state index in [4.69, 9.17) is 5.73 Å². The molecule has 2 rings (SSSR count). The molecule has 0 atom stereocenters. The second kappa shape index (κ2) is 4.37. The minimum atomic E-state index is 0.605. The highest BCUT2D eigenvalue weighted by Gasteiger charge is 2.19. The summed E-state index contributed by atoms with van der Waals surface area (Å²) in [4.78, 5) is 8.48. The third-order valence-electron chi connectivity index (χ3n) is 2.68. The van der Waals surface area contributed by atoms with Gasteiger partial charge in [-0.15, -0.1) is 0 Å². The molecule has 0 aromatic carbocycles. The number of anilines is 1. The van der Waals surface area contributed by atoms with Crippen LogP contribution in [0.15, 0.2) is 12.4 Å². The maximum absolute atomic E-state index is 5.37. The molecule has 0 unspecified atom stereocenters. The Morgan fingerprint density at radius 1 is 1.36 bits per heavy atom. The van der Waals surface area contributed by atoms with Crippen LogP contribution in [0.3, 0.4) is 0 Å². The zero-order valence-electron chi connectivity index (χ0n) is 8.24. The molecule has 3 N–H and O–H groups in total. The molecule has 1 aromatic rings. The fourth-order valence-electron chi connectivity index (χ4n) is 1.57. The highest BCUT2D eigenvalue weighted by atomic mass is 15.1. The topological polar surface area (TPSA) is 63.8 Å². The largest absolute Gasteiger partial charge is 0.353 e. The van der Waals surface area contributed by atoms with Gasteiger partial charge in [-0.25, -0.2) is 9.97 Å². The first-order valence-electron chi connectivity index (χ1n) is 5.16. The minimum absolute atomic E-state index is 0.605. The first kappa shape index (κ1) is 9.40. The summed E-state index contributed by atoms with van der Waals surface area (Å²) in [5.41, 5.74) is 6.64. The zero-order chi connectivity index (χ0) is 9.80. The summed E-state index contributed by atoms with van der Waals surface area (Å²) in [6.07, 6.45) is 7.78. The molecule has 0 aliphatic heterocycles. The van der Waals surface area contributed by atoms with Gasteiger partial charge >= 0.3 is 0 Å². The van der Waals surface area contributed by atoms with Gasteiger partial charge in [0, 0.05) is 25.5 Å². The van der Waals surface area contributed by atoms with Crippen LogP contribution in [0, 0.1) is 0 Å². The number of nitrogens with zero attached hydrogens (tertiary/aromatic N) is 2. The highest BCUT2D eigenvalue weighted by molar-refractivity contribution is 5.26. The van der Waals surface area contributed by atoms with Gasteiger partial charge < -0.3 is 11.1 Å². The zero-order valence-corrected chi connectivity index (χ0v) is 8.24. The van der Waals surface area contributed by atoms with Crippen molar-refractivity contribution >= 4 is 5.95 Å². The van der Waals surface area contributed by atoms with Crippen molar-refractivity contribution in [3.05, 3.63) is 18.0 Å². The fraction of sp³-hybridized carbons (Fsp3) is 0.600. The van der Waals surface area contributed by atoms with Crippen LogP contribution in [-0.2, 0) is 0 Å². The van der Waals surface area contributed by atoms with Crippen LogP contribution in [0.2, 0.25) is 0 Å². The van der Waals surface area contributed by atoms with Crippen molar-refractivity contribution in [3.63, 3.8) is 0 Å². The van der Waals surface area contributed by atoms with Gasteiger partial charge in [-0.1, -0.05) is 6.42 Å². The van der Waals surface area contributed by atoms with Gasteiger partial charge in [0.1, 0.15) is 0 Å². The van der Waals surface area contributed by atoms with Crippen molar-refractivity contribution < 1.29 is 0 Å². The number of rotatable bonds is 4. The monoisotopic (exact) mass is 192 g/mol. The molecule has 76 valence electrons. The van der Waals surface area contributed by atoms with Gasteiger partial charge in [0.25, 0.3) is 0 Å². The Labute approximate surface area is 83.9 Å². The van der Waals surface area contributed by atoms with E-state index in [1.54, 1.807) is 0 Å². The molecule has 0 saturated heterocycles. The van der Waals surface area contributed by atoms with Crippen molar-refractivity contribution in [1.29, 1.82) is 0 Å². The lowest BCUT2D eigenvalue weighted by molar-refractivity contribution is 0.418. The van der Waals surface area contributed by atoms with Gasteiger partial charge in [0.15, 0.2) is 0 Å². The third kappa shape index (κ3) is 2.01. The van der Waals surface area contributed by atoms with Crippen LogP contribution in [-0.4, -0.2) is 23.1 Å². The molecule has 4 nitrogen and oxygen atoms in total. The number of nitrogens with two attached hydrogens (primary N) is 1. The van der Waals surface area contributed by atoms with E-state index in [2.05, 4.69) is 15.3 Å². The minimum Gasteiger partial charge on any atom is -0.353 e. The lowest BCUT2D eigenvalue weighted by Crippen LogP contribution is -2.15. The Bertz CT molecular complexity index is 279. The molecule has 1 aliphatic carbocycles. The van der Waals surface area contributed by atoms with E-state index in [1.807, 2.05) is 12.4 Å². The van der Waals surface area contributed by atoms with E-state index in [9.17, 15) is 0 Å². The van der Waals surface area contributed by atoms with Gasteiger partial charge in [0.05, 0.1) is 0 Å². The summed E-state index contributed by atoms with van der Waals surface area (Å²) in [6.45, 7) is 1.33. The molecule has 1 fully saturated rings. The smallest absolute Gasteiger partial charge is 0.222 e. The van der Waals surface area contributed by atoms with E-state index in [1.165, 1.54) is 24.8 Å². The summed E-state index contributed by atoms with van der Waals surface area (Å²) in [6, 6.07) is 0. The van der Waals surface area contributed by atoms with Crippen LogP contribution >= 0.6 is 0 Å². The molecule has 0 radical (unpaired) electrons. The molecule has 1 saturated carbocycles. The molecular formula is C10H16N4. The van der Waals surface area contributed by atoms with E-state index in [0.29, 0.717) is 18.4 Å². The summed E-state index contributed by atoms with van der Waals surface area (Å²) in [5.74, 6) is 1.39. The maximum Gasteiger partial charge on any atom is 0.222 e. The first-order chi connectivity index (χ1) is 6.90. The van der Waals surface area contributed by atoms with E-state index in [-0.39, 0.29) is 0 Å². The van der Waals surface area contributed by atoms with Gasteiger partial charge in [-0.2, -0.15) is 0 Å². The van der Waals surface area contributed by atoms with Crippen molar-refractivity contribution in [1.82, 2.24) is 9.97 Å². The fourth-order valence-corrected chi connectivity index (χ4v) is 1.57. The standard InChI is InChI=1S/C10H16N4/c11-4-5-12-10-13-6-9(7-14-10)8-2-1-3-8/h6-8H,1-5,11H2,(H,12,13,14). The molecule has 1 aliphatic rings. The van der Waals surface area contributed by atoms with Crippen LogP contribution < -0.4 is 11.1 Å².